The molecule has 1 fully saturated rings. The normalized spacial score (nSPS) is 14.9. The Hall–Kier alpha value is -2.86. The lowest BCUT2D eigenvalue weighted by Gasteiger charge is -2.30. The first-order chi connectivity index (χ1) is 13.6. The van der Waals surface area contributed by atoms with E-state index in [1.54, 1.807) is 17.0 Å². The minimum absolute atomic E-state index is 0.119. The number of carbonyl (C=O) groups is 1. The van der Waals surface area contributed by atoms with E-state index in [4.69, 9.17) is 16.1 Å². The highest BCUT2D eigenvalue weighted by atomic mass is 35.5. The highest BCUT2D eigenvalue weighted by molar-refractivity contribution is 6.30. The van der Waals surface area contributed by atoms with Crippen molar-refractivity contribution in [3.8, 4) is 11.4 Å². The molecule has 2 heterocycles. The van der Waals surface area contributed by atoms with Crippen molar-refractivity contribution in [1.29, 1.82) is 0 Å². The smallest absolute Gasteiger partial charge is 0.321 e. The van der Waals surface area contributed by atoms with Crippen LogP contribution in [0.4, 0.5) is 10.5 Å². The zero-order valence-electron chi connectivity index (χ0n) is 15.6. The molecular formula is C21H21ClN4O2. The van der Waals surface area contributed by atoms with Crippen LogP contribution in [0.15, 0.2) is 53.1 Å². The molecule has 2 aromatic carbocycles. The molecule has 6 nitrogen and oxygen atoms in total. The molecule has 1 N–H and O–H groups in total. The van der Waals surface area contributed by atoms with E-state index in [1.165, 1.54) is 0 Å². The van der Waals surface area contributed by atoms with Gasteiger partial charge in [0, 0.05) is 35.3 Å². The molecule has 1 saturated heterocycles. The van der Waals surface area contributed by atoms with Crippen molar-refractivity contribution in [2.45, 2.75) is 25.7 Å². The van der Waals surface area contributed by atoms with Gasteiger partial charge in [-0.1, -0.05) is 46.6 Å². The van der Waals surface area contributed by atoms with Gasteiger partial charge >= 0.3 is 6.03 Å². The summed E-state index contributed by atoms with van der Waals surface area (Å²) in [5.41, 5.74) is 2.80. The second-order valence-electron chi connectivity index (χ2n) is 7.03. The van der Waals surface area contributed by atoms with E-state index in [0.29, 0.717) is 35.5 Å². The SMILES string of the molecule is Cc1cccc(-c2noc(C3CCN(C(=O)Nc4cccc(Cl)c4)CC3)n2)c1. The van der Waals surface area contributed by atoms with Gasteiger partial charge in [-0.05, 0) is 44.0 Å². The van der Waals surface area contributed by atoms with E-state index in [0.717, 1.165) is 24.0 Å². The number of anilines is 1. The zero-order valence-corrected chi connectivity index (χ0v) is 16.3. The maximum absolute atomic E-state index is 12.5. The Morgan fingerprint density at radius 3 is 2.71 bits per heavy atom. The van der Waals surface area contributed by atoms with Crippen molar-refractivity contribution in [1.82, 2.24) is 15.0 Å². The summed E-state index contributed by atoms with van der Waals surface area (Å²) in [5.74, 6) is 1.42. The van der Waals surface area contributed by atoms with Crippen molar-refractivity contribution in [2.75, 3.05) is 18.4 Å². The van der Waals surface area contributed by atoms with E-state index in [9.17, 15) is 4.79 Å². The van der Waals surface area contributed by atoms with Crippen molar-refractivity contribution >= 4 is 23.3 Å². The average Bonchev–Trinajstić information content (AvgIpc) is 3.18. The van der Waals surface area contributed by atoms with Crippen LogP contribution < -0.4 is 5.32 Å². The minimum Gasteiger partial charge on any atom is -0.339 e. The maximum Gasteiger partial charge on any atom is 0.321 e. The summed E-state index contributed by atoms with van der Waals surface area (Å²) in [7, 11) is 0. The Labute approximate surface area is 168 Å². The fraction of sp³-hybridized carbons (Fsp3) is 0.286. The van der Waals surface area contributed by atoms with E-state index in [1.807, 2.05) is 43.3 Å². The fourth-order valence-electron chi connectivity index (χ4n) is 3.40. The maximum atomic E-state index is 12.5. The summed E-state index contributed by atoms with van der Waals surface area (Å²) in [6, 6.07) is 15.1. The number of nitrogens with one attached hydrogen (secondary N) is 1. The number of amides is 2. The predicted octanol–water partition coefficient (Wildman–Crippen LogP) is 5.11. The third-order valence-corrected chi connectivity index (χ3v) is 5.16. The van der Waals surface area contributed by atoms with E-state index in [-0.39, 0.29) is 11.9 Å². The summed E-state index contributed by atoms with van der Waals surface area (Å²) in [6.07, 6.45) is 1.58. The van der Waals surface area contributed by atoms with Crippen LogP contribution in [0.5, 0.6) is 0 Å². The van der Waals surface area contributed by atoms with Crippen LogP contribution in [0.2, 0.25) is 5.02 Å². The summed E-state index contributed by atoms with van der Waals surface area (Å²) in [5, 5.41) is 7.61. The molecule has 28 heavy (non-hydrogen) atoms. The number of likely N-dealkylation sites (tertiary alicyclic amines) is 1. The van der Waals surface area contributed by atoms with Crippen LogP contribution in [-0.4, -0.2) is 34.2 Å². The predicted molar refractivity (Wildman–Crippen MR) is 108 cm³/mol. The number of benzene rings is 2. The van der Waals surface area contributed by atoms with Gasteiger partial charge in [0.25, 0.3) is 0 Å². The van der Waals surface area contributed by atoms with Gasteiger partial charge in [-0.15, -0.1) is 0 Å². The van der Waals surface area contributed by atoms with E-state index >= 15 is 0 Å². The fourth-order valence-corrected chi connectivity index (χ4v) is 3.59. The number of aromatic nitrogens is 2. The van der Waals surface area contributed by atoms with E-state index < -0.39 is 0 Å². The van der Waals surface area contributed by atoms with Crippen LogP contribution in [-0.2, 0) is 0 Å². The monoisotopic (exact) mass is 396 g/mol. The molecule has 0 saturated carbocycles. The number of hydrogen-bond donors (Lipinski definition) is 1. The lowest BCUT2D eigenvalue weighted by atomic mass is 9.97. The highest BCUT2D eigenvalue weighted by Crippen LogP contribution is 2.29. The van der Waals surface area contributed by atoms with Crippen molar-refractivity contribution < 1.29 is 9.32 Å². The van der Waals surface area contributed by atoms with Crippen molar-refractivity contribution in [3.05, 3.63) is 65.0 Å². The molecule has 0 spiro atoms. The molecule has 0 aliphatic carbocycles. The number of urea groups is 1. The number of halogens is 1. The second-order valence-corrected chi connectivity index (χ2v) is 7.46. The van der Waals surface area contributed by atoms with Gasteiger partial charge in [0.2, 0.25) is 11.7 Å². The lowest BCUT2D eigenvalue weighted by Crippen LogP contribution is -2.40. The first-order valence-corrected chi connectivity index (χ1v) is 9.68. The summed E-state index contributed by atoms with van der Waals surface area (Å²) >= 11 is 5.97. The largest absolute Gasteiger partial charge is 0.339 e. The van der Waals surface area contributed by atoms with Crippen molar-refractivity contribution in [3.63, 3.8) is 0 Å². The lowest BCUT2D eigenvalue weighted by molar-refractivity contribution is 0.187. The quantitative estimate of drug-likeness (QED) is 0.667. The molecular weight excluding hydrogens is 376 g/mol. The zero-order chi connectivity index (χ0) is 19.5. The molecule has 144 valence electrons. The van der Waals surface area contributed by atoms with Gasteiger partial charge < -0.3 is 14.7 Å². The van der Waals surface area contributed by atoms with Crippen LogP contribution in [0.3, 0.4) is 0 Å². The third-order valence-electron chi connectivity index (χ3n) is 4.93. The molecule has 4 rings (SSSR count). The minimum atomic E-state index is -0.119. The Kier molecular flexibility index (Phi) is 5.30. The molecule has 0 bridgehead atoms. The highest BCUT2D eigenvalue weighted by Gasteiger charge is 2.27. The molecule has 0 atom stereocenters. The van der Waals surface area contributed by atoms with Crippen LogP contribution >= 0.6 is 11.6 Å². The number of rotatable bonds is 3. The Balaban J connectivity index is 1.36. The number of carbonyl (C=O) groups excluding carboxylic acids is 1. The molecule has 1 aliphatic heterocycles. The molecule has 0 unspecified atom stereocenters. The van der Waals surface area contributed by atoms with Crippen LogP contribution in [0.1, 0.15) is 30.2 Å². The summed E-state index contributed by atoms with van der Waals surface area (Å²) in [4.78, 5) is 18.8. The standard InChI is InChI=1S/C21H21ClN4O2/c1-14-4-2-5-16(12-14)19-24-20(28-25-19)15-8-10-26(11-9-15)21(27)23-18-7-3-6-17(22)13-18/h2-7,12-13,15H,8-11H2,1H3,(H,23,27). The topological polar surface area (TPSA) is 71.3 Å². The number of nitrogens with zero attached hydrogens (tertiary/aromatic N) is 3. The van der Waals surface area contributed by atoms with Gasteiger partial charge in [0.15, 0.2) is 0 Å². The molecule has 7 heteroatoms. The number of hydrogen-bond acceptors (Lipinski definition) is 4. The van der Waals surface area contributed by atoms with Crippen LogP contribution in [0, 0.1) is 6.92 Å². The molecule has 0 radical (unpaired) electrons. The number of aryl methyl sites for hydroxylation is 1. The Morgan fingerprint density at radius 1 is 1.18 bits per heavy atom. The summed E-state index contributed by atoms with van der Waals surface area (Å²) in [6.45, 7) is 3.31. The molecule has 2 amide bonds. The molecule has 1 aromatic heterocycles. The first-order valence-electron chi connectivity index (χ1n) is 9.30. The Morgan fingerprint density at radius 2 is 1.96 bits per heavy atom. The van der Waals surface area contributed by atoms with Crippen LogP contribution in [0.25, 0.3) is 11.4 Å². The summed E-state index contributed by atoms with van der Waals surface area (Å²) < 4.78 is 5.51. The van der Waals surface area contributed by atoms with Gasteiger partial charge in [-0.2, -0.15) is 4.98 Å². The third kappa shape index (κ3) is 4.17. The van der Waals surface area contributed by atoms with Gasteiger partial charge in [-0.25, -0.2) is 4.79 Å². The van der Waals surface area contributed by atoms with Gasteiger partial charge in [0.1, 0.15) is 0 Å². The molecule has 1 aliphatic rings. The number of piperidine rings is 1. The molecule has 3 aromatic rings. The van der Waals surface area contributed by atoms with Gasteiger partial charge in [0.05, 0.1) is 0 Å². The van der Waals surface area contributed by atoms with Crippen molar-refractivity contribution in [2.24, 2.45) is 0 Å². The second kappa shape index (κ2) is 8.02. The van der Waals surface area contributed by atoms with E-state index in [2.05, 4.69) is 15.5 Å². The van der Waals surface area contributed by atoms with Gasteiger partial charge in [-0.3, -0.25) is 0 Å². The Bertz CT molecular complexity index is 980. The first kappa shape index (κ1) is 18.5. The average molecular weight is 397 g/mol.